The molecule has 22 heavy (non-hydrogen) atoms. The van der Waals surface area contributed by atoms with E-state index in [1.54, 1.807) is 28.3 Å². The standard InChI is InChI=1S/C14H12N6OS/c21-13(17-11-6-1-2-7-15-11)12-9-4-3-5-10(9)22-14(12)20-8-16-18-19-20/h1-2,6-8H,3-5H2,(H,15,17,21). The lowest BCUT2D eigenvalue weighted by Crippen LogP contribution is -2.16. The molecular weight excluding hydrogens is 300 g/mol. The van der Waals surface area contributed by atoms with E-state index in [1.807, 2.05) is 12.1 Å². The number of hydrogen-bond acceptors (Lipinski definition) is 6. The van der Waals surface area contributed by atoms with Gasteiger partial charge in [-0.3, -0.25) is 4.79 Å². The minimum atomic E-state index is -0.163. The van der Waals surface area contributed by atoms with Gasteiger partial charge in [-0.25, -0.2) is 4.98 Å². The van der Waals surface area contributed by atoms with Crippen molar-refractivity contribution in [3.8, 4) is 5.00 Å². The highest BCUT2D eigenvalue weighted by atomic mass is 32.1. The maximum Gasteiger partial charge on any atom is 0.260 e. The largest absolute Gasteiger partial charge is 0.306 e. The van der Waals surface area contributed by atoms with E-state index in [2.05, 4.69) is 25.8 Å². The molecule has 4 rings (SSSR count). The van der Waals surface area contributed by atoms with E-state index in [1.165, 1.54) is 11.2 Å². The van der Waals surface area contributed by atoms with E-state index in [4.69, 9.17) is 0 Å². The Kier molecular flexibility index (Phi) is 3.15. The smallest absolute Gasteiger partial charge is 0.260 e. The van der Waals surface area contributed by atoms with Crippen molar-refractivity contribution in [2.24, 2.45) is 0 Å². The lowest BCUT2D eigenvalue weighted by molar-refractivity contribution is 0.102. The SMILES string of the molecule is O=C(Nc1ccccn1)c1c(-n2cnnn2)sc2c1CCC2. The topological polar surface area (TPSA) is 85.6 Å². The molecule has 0 unspecified atom stereocenters. The van der Waals surface area contributed by atoms with Gasteiger partial charge in [0.25, 0.3) is 5.91 Å². The number of aromatic nitrogens is 5. The Hall–Kier alpha value is -2.61. The predicted octanol–water partition coefficient (Wildman–Crippen LogP) is 1.86. The lowest BCUT2D eigenvalue weighted by Gasteiger charge is -2.07. The van der Waals surface area contributed by atoms with E-state index in [-0.39, 0.29) is 5.91 Å². The number of nitrogens with one attached hydrogen (secondary N) is 1. The highest BCUT2D eigenvalue weighted by molar-refractivity contribution is 7.15. The van der Waals surface area contributed by atoms with Crippen LogP contribution in [-0.4, -0.2) is 31.1 Å². The summed E-state index contributed by atoms with van der Waals surface area (Å²) in [6, 6.07) is 5.41. The number of aryl methyl sites for hydroxylation is 1. The normalized spacial score (nSPS) is 13.1. The highest BCUT2D eigenvalue weighted by Gasteiger charge is 2.28. The van der Waals surface area contributed by atoms with Gasteiger partial charge < -0.3 is 5.32 Å². The molecule has 0 saturated carbocycles. The summed E-state index contributed by atoms with van der Waals surface area (Å²) in [5.41, 5.74) is 1.78. The Morgan fingerprint density at radius 1 is 1.32 bits per heavy atom. The van der Waals surface area contributed by atoms with Crippen molar-refractivity contribution in [2.45, 2.75) is 19.3 Å². The fraction of sp³-hybridized carbons (Fsp3) is 0.214. The van der Waals surface area contributed by atoms with E-state index >= 15 is 0 Å². The first kappa shape index (κ1) is 13.1. The van der Waals surface area contributed by atoms with Crippen molar-refractivity contribution in [3.63, 3.8) is 0 Å². The van der Waals surface area contributed by atoms with Gasteiger partial charge in [0.15, 0.2) is 0 Å². The molecule has 3 aromatic heterocycles. The van der Waals surface area contributed by atoms with E-state index in [0.717, 1.165) is 29.8 Å². The summed E-state index contributed by atoms with van der Waals surface area (Å²) < 4.78 is 1.55. The number of tetrazole rings is 1. The second kappa shape index (κ2) is 5.30. The molecule has 1 aliphatic rings. The number of pyridine rings is 1. The van der Waals surface area contributed by atoms with Gasteiger partial charge in [-0.05, 0) is 47.4 Å². The number of hydrogen-bond donors (Lipinski definition) is 1. The minimum absolute atomic E-state index is 0.163. The minimum Gasteiger partial charge on any atom is -0.306 e. The molecule has 7 nitrogen and oxygen atoms in total. The third-order valence-corrected chi connectivity index (χ3v) is 4.87. The molecule has 1 amide bonds. The highest BCUT2D eigenvalue weighted by Crippen LogP contribution is 2.37. The number of thiophene rings is 1. The van der Waals surface area contributed by atoms with Gasteiger partial charge >= 0.3 is 0 Å². The van der Waals surface area contributed by atoms with E-state index in [0.29, 0.717) is 11.4 Å². The zero-order valence-electron chi connectivity index (χ0n) is 11.6. The van der Waals surface area contributed by atoms with Gasteiger partial charge in [0.1, 0.15) is 17.1 Å². The first-order valence-corrected chi connectivity index (χ1v) is 7.75. The first-order valence-electron chi connectivity index (χ1n) is 6.93. The molecule has 0 radical (unpaired) electrons. The Balaban J connectivity index is 1.75. The van der Waals surface area contributed by atoms with Gasteiger partial charge in [0.05, 0.1) is 5.56 Å². The van der Waals surface area contributed by atoms with Crippen LogP contribution >= 0.6 is 11.3 Å². The van der Waals surface area contributed by atoms with Gasteiger partial charge in [0.2, 0.25) is 0 Å². The quantitative estimate of drug-likeness (QED) is 0.798. The fourth-order valence-electron chi connectivity index (χ4n) is 2.66. The van der Waals surface area contributed by atoms with E-state index in [9.17, 15) is 4.79 Å². The van der Waals surface area contributed by atoms with Crippen LogP contribution in [0.3, 0.4) is 0 Å². The number of fused-ring (bicyclic) bond motifs is 1. The second-order valence-electron chi connectivity index (χ2n) is 4.96. The third kappa shape index (κ3) is 2.17. The molecule has 0 spiro atoms. The maximum atomic E-state index is 12.7. The molecule has 0 aliphatic heterocycles. The van der Waals surface area contributed by atoms with Gasteiger partial charge in [-0.2, -0.15) is 4.68 Å². The van der Waals surface area contributed by atoms with E-state index < -0.39 is 0 Å². The molecule has 110 valence electrons. The zero-order chi connectivity index (χ0) is 14.9. The molecule has 0 fully saturated rings. The second-order valence-corrected chi connectivity index (χ2v) is 6.04. The Bertz CT molecular complexity index is 811. The summed E-state index contributed by atoms with van der Waals surface area (Å²) in [5.74, 6) is 0.372. The summed E-state index contributed by atoms with van der Waals surface area (Å²) in [6.45, 7) is 0. The summed E-state index contributed by atoms with van der Waals surface area (Å²) in [6.07, 6.45) is 6.17. The van der Waals surface area contributed by atoms with Crippen molar-refractivity contribution in [1.29, 1.82) is 0 Å². The number of carbonyl (C=O) groups excluding carboxylic acids is 1. The molecule has 3 heterocycles. The van der Waals surface area contributed by atoms with Crippen LogP contribution in [-0.2, 0) is 12.8 Å². The predicted molar refractivity (Wildman–Crippen MR) is 81.2 cm³/mol. The Morgan fingerprint density at radius 2 is 2.27 bits per heavy atom. The Labute approximate surface area is 130 Å². The molecule has 1 N–H and O–H groups in total. The van der Waals surface area contributed by atoms with Crippen LogP contribution in [0.1, 0.15) is 27.2 Å². The summed E-state index contributed by atoms with van der Waals surface area (Å²) in [5, 5.41) is 14.9. The van der Waals surface area contributed by atoms with Gasteiger partial charge in [-0.1, -0.05) is 6.07 Å². The third-order valence-electron chi connectivity index (χ3n) is 3.59. The molecule has 0 saturated heterocycles. The molecule has 0 bridgehead atoms. The van der Waals surface area contributed by atoms with Crippen LogP contribution in [0.2, 0.25) is 0 Å². The van der Waals surface area contributed by atoms with Crippen LogP contribution in [0.5, 0.6) is 0 Å². The summed E-state index contributed by atoms with van der Waals surface area (Å²) in [7, 11) is 0. The van der Waals surface area contributed by atoms with Crippen molar-refractivity contribution >= 4 is 23.1 Å². The average Bonchev–Trinajstić information content (AvgIpc) is 3.24. The maximum absolute atomic E-state index is 12.7. The van der Waals surface area contributed by atoms with Crippen LogP contribution in [0.4, 0.5) is 5.82 Å². The number of amides is 1. The number of rotatable bonds is 3. The Morgan fingerprint density at radius 3 is 3.05 bits per heavy atom. The van der Waals surface area contributed by atoms with Crippen molar-refractivity contribution < 1.29 is 4.79 Å². The van der Waals surface area contributed by atoms with Gasteiger partial charge in [-0.15, -0.1) is 16.4 Å². The van der Waals surface area contributed by atoms with Gasteiger partial charge in [0, 0.05) is 11.1 Å². The van der Waals surface area contributed by atoms with Crippen molar-refractivity contribution in [2.75, 3.05) is 5.32 Å². The molecule has 1 aliphatic carbocycles. The summed E-state index contributed by atoms with van der Waals surface area (Å²) >= 11 is 1.58. The molecule has 3 aromatic rings. The monoisotopic (exact) mass is 312 g/mol. The van der Waals surface area contributed by atoms with Crippen LogP contribution in [0.25, 0.3) is 5.00 Å². The summed E-state index contributed by atoms with van der Waals surface area (Å²) in [4.78, 5) is 18.1. The molecular formula is C14H12N6OS. The van der Waals surface area contributed by atoms with Crippen molar-refractivity contribution in [3.05, 3.63) is 46.7 Å². The fourth-order valence-corrected chi connectivity index (χ4v) is 3.96. The molecule has 0 atom stereocenters. The van der Waals surface area contributed by atoms with Crippen LogP contribution in [0.15, 0.2) is 30.7 Å². The molecule has 0 aromatic carbocycles. The molecule has 8 heteroatoms. The van der Waals surface area contributed by atoms with Crippen LogP contribution in [0, 0.1) is 0 Å². The lowest BCUT2D eigenvalue weighted by atomic mass is 10.1. The zero-order valence-corrected chi connectivity index (χ0v) is 12.4. The average molecular weight is 312 g/mol. The van der Waals surface area contributed by atoms with Crippen LogP contribution < -0.4 is 5.32 Å². The number of carbonyl (C=O) groups is 1. The number of nitrogens with zero attached hydrogens (tertiary/aromatic N) is 5. The van der Waals surface area contributed by atoms with Crippen molar-refractivity contribution in [1.82, 2.24) is 25.2 Å². The first-order chi connectivity index (χ1) is 10.8. The number of anilines is 1.